The molecule has 0 saturated carbocycles. The Morgan fingerprint density at radius 3 is 2.36 bits per heavy atom. The van der Waals surface area contributed by atoms with E-state index in [1.165, 1.54) is 0 Å². The molecule has 0 fully saturated rings. The van der Waals surface area contributed by atoms with Crippen molar-refractivity contribution in [1.82, 2.24) is 5.16 Å². The second-order valence-corrected chi connectivity index (χ2v) is 6.47. The van der Waals surface area contributed by atoms with Crippen LogP contribution in [0.5, 0.6) is 5.75 Å². The van der Waals surface area contributed by atoms with Crippen molar-refractivity contribution in [2.24, 2.45) is 0 Å². The maximum atomic E-state index is 12.0. The molecule has 2 amide bonds. The van der Waals surface area contributed by atoms with Gasteiger partial charge in [0.15, 0.2) is 5.82 Å². The quantitative estimate of drug-likeness (QED) is 0.581. The van der Waals surface area contributed by atoms with Crippen LogP contribution in [0.25, 0.3) is 0 Å². The van der Waals surface area contributed by atoms with Gasteiger partial charge in [-0.1, -0.05) is 28.9 Å². The number of hydrogen-bond acceptors (Lipinski definition) is 5. The highest BCUT2D eigenvalue weighted by Gasteiger charge is 2.12. The summed E-state index contributed by atoms with van der Waals surface area (Å²) in [5, 5.41) is 9.46. The standard InChI is InChI=1S/C20H18ClN3O4/c1-13-10-18(24-28-13)23-20(26)11-19(25)22-16-6-8-17(9-7-16)27-12-14-2-4-15(21)5-3-14/h2-10H,11-12H2,1H3,(H,22,25)(H,23,24,26). The van der Waals surface area contributed by atoms with Crippen LogP contribution in [0.1, 0.15) is 17.7 Å². The van der Waals surface area contributed by atoms with Crippen molar-refractivity contribution in [2.75, 3.05) is 10.6 Å². The molecule has 2 N–H and O–H groups in total. The van der Waals surface area contributed by atoms with Gasteiger partial charge in [-0.25, -0.2) is 0 Å². The second-order valence-electron chi connectivity index (χ2n) is 6.04. The average molecular weight is 400 g/mol. The Morgan fingerprint density at radius 1 is 1.04 bits per heavy atom. The number of carbonyl (C=O) groups excluding carboxylic acids is 2. The number of amides is 2. The van der Waals surface area contributed by atoms with Crippen molar-refractivity contribution in [3.63, 3.8) is 0 Å². The van der Waals surface area contributed by atoms with Crippen LogP contribution in [0, 0.1) is 6.92 Å². The SMILES string of the molecule is Cc1cc(NC(=O)CC(=O)Nc2ccc(OCc3ccc(Cl)cc3)cc2)no1. The van der Waals surface area contributed by atoms with Gasteiger partial charge in [0.2, 0.25) is 11.8 Å². The summed E-state index contributed by atoms with van der Waals surface area (Å²) in [4.78, 5) is 23.8. The van der Waals surface area contributed by atoms with Gasteiger partial charge >= 0.3 is 0 Å². The highest BCUT2D eigenvalue weighted by atomic mass is 35.5. The molecule has 1 aromatic heterocycles. The minimum absolute atomic E-state index is 0.275. The number of rotatable bonds is 7. The van der Waals surface area contributed by atoms with Gasteiger partial charge in [0, 0.05) is 16.8 Å². The first kappa shape index (κ1) is 19.4. The third-order valence-electron chi connectivity index (χ3n) is 3.67. The zero-order valence-electron chi connectivity index (χ0n) is 15.1. The fourth-order valence-corrected chi connectivity index (χ4v) is 2.47. The number of nitrogens with one attached hydrogen (secondary N) is 2. The molecule has 0 unspecified atom stereocenters. The number of benzene rings is 2. The number of aryl methyl sites for hydroxylation is 1. The van der Waals surface area contributed by atoms with E-state index in [2.05, 4.69) is 15.8 Å². The van der Waals surface area contributed by atoms with Crippen LogP contribution < -0.4 is 15.4 Å². The van der Waals surface area contributed by atoms with Gasteiger partial charge in [-0.15, -0.1) is 0 Å². The molecule has 2 aromatic carbocycles. The van der Waals surface area contributed by atoms with Crippen LogP contribution in [0.3, 0.4) is 0 Å². The van der Waals surface area contributed by atoms with Gasteiger partial charge in [-0.05, 0) is 48.9 Å². The molecule has 3 aromatic rings. The van der Waals surface area contributed by atoms with Crippen molar-refractivity contribution >= 4 is 34.9 Å². The van der Waals surface area contributed by atoms with Crippen LogP contribution in [0.15, 0.2) is 59.1 Å². The van der Waals surface area contributed by atoms with E-state index >= 15 is 0 Å². The van der Waals surface area contributed by atoms with Gasteiger partial charge in [-0.2, -0.15) is 0 Å². The highest BCUT2D eigenvalue weighted by Crippen LogP contribution is 2.18. The summed E-state index contributed by atoms with van der Waals surface area (Å²) >= 11 is 5.85. The van der Waals surface area contributed by atoms with Crippen LogP contribution in [0.2, 0.25) is 5.02 Å². The van der Waals surface area contributed by atoms with Gasteiger partial charge in [-0.3, -0.25) is 9.59 Å². The summed E-state index contributed by atoms with van der Waals surface area (Å²) in [5.41, 5.74) is 1.56. The molecule has 0 aliphatic heterocycles. The summed E-state index contributed by atoms with van der Waals surface area (Å²) in [5.74, 6) is 0.587. The monoisotopic (exact) mass is 399 g/mol. The molecule has 0 aliphatic carbocycles. The van der Waals surface area contributed by atoms with E-state index in [-0.39, 0.29) is 12.2 Å². The Labute approximate surface area is 166 Å². The highest BCUT2D eigenvalue weighted by molar-refractivity contribution is 6.30. The molecule has 0 spiro atoms. The second kappa shape index (κ2) is 9.05. The number of halogens is 1. The lowest BCUT2D eigenvalue weighted by Gasteiger charge is -2.08. The molecule has 0 aliphatic rings. The van der Waals surface area contributed by atoms with E-state index in [0.717, 1.165) is 5.56 Å². The molecule has 0 atom stereocenters. The van der Waals surface area contributed by atoms with Crippen LogP contribution in [-0.2, 0) is 16.2 Å². The third kappa shape index (κ3) is 5.85. The van der Waals surface area contributed by atoms with Crippen molar-refractivity contribution in [1.29, 1.82) is 0 Å². The average Bonchev–Trinajstić information content (AvgIpc) is 3.07. The van der Waals surface area contributed by atoms with E-state index < -0.39 is 11.8 Å². The Bertz CT molecular complexity index is 952. The number of nitrogens with zero attached hydrogens (tertiary/aromatic N) is 1. The van der Waals surface area contributed by atoms with E-state index in [1.807, 2.05) is 12.1 Å². The first-order valence-corrected chi connectivity index (χ1v) is 8.86. The van der Waals surface area contributed by atoms with E-state index in [1.54, 1.807) is 49.4 Å². The van der Waals surface area contributed by atoms with Gasteiger partial charge in [0.05, 0.1) is 0 Å². The predicted octanol–water partition coefficient (Wildman–Crippen LogP) is 4.18. The smallest absolute Gasteiger partial charge is 0.235 e. The summed E-state index contributed by atoms with van der Waals surface area (Å²) in [6.45, 7) is 2.11. The minimum atomic E-state index is -0.478. The first-order chi connectivity index (χ1) is 13.5. The summed E-state index contributed by atoms with van der Waals surface area (Å²) in [6, 6.07) is 15.8. The minimum Gasteiger partial charge on any atom is -0.489 e. The van der Waals surface area contributed by atoms with Crippen LogP contribution >= 0.6 is 11.6 Å². The predicted molar refractivity (Wildman–Crippen MR) is 105 cm³/mol. The van der Waals surface area contributed by atoms with Gasteiger partial charge < -0.3 is 19.9 Å². The Morgan fingerprint density at radius 2 is 1.71 bits per heavy atom. The summed E-state index contributed by atoms with van der Waals surface area (Å²) in [6.07, 6.45) is -0.333. The van der Waals surface area contributed by atoms with Crippen molar-refractivity contribution in [3.8, 4) is 5.75 Å². The summed E-state index contributed by atoms with van der Waals surface area (Å²) in [7, 11) is 0. The molecule has 0 bridgehead atoms. The molecule has 0 radical (unpaired) electrons. The van der Waals surface area contributed by atoms with E-state index in [0.29, 0.717) is 28.8 Å². The summed E-state index contributed by atoms with van der Waals surface area (Å²) < 4.78 is 10.5. The van der Waals surface area contributed by atoms with Crippen molar-refractivity contribution in [2.45, 2.75) is 20.0 Å². The topological polar surface area (TPSA) is 93.5 Å². The van der Waals surface area contributed by atoms with E-state index in [9.17, 15) is 9.59 Å². The largest absolute Gasteiger partial charge is 0.489 e. The lowest BCUT2D eigenvalue weighted by molar-refractivity contribution is -0.123. The maximum absolute atomic E-state index is 12.0. The molecular formula is C20H18ClN3O4. The number of ether oxygens (including phenoxy) is 1. The van der Waals surface area contributed by atoms with Crippen molar-refractivity contribution in [3.05, 3.63) is 70.9 Å². The molecule has 0 saturated heterocycles. The number of anilines is 2. The molecule has 1 heterocycles. The molecule has 28 heavy (non-hydrogen) atoms. The lowest BCUT2D eigenvalue weighted by atomic mass is 10.2. The molecular weight excluding hydrogens is 382 g/mol. The normalized spacial score (nSPS) is 10.4. The Kier molecular flexibility index (Phi) is 6.29. The van der Waals surface area contributed by atoms with Gasteiger partial charge in [0.25, 0.3) is 0 Å². The molecule has 144 valence electrons. The zero-order valence-corrected chi connectivity index (χ0v) is 15.8. The third-order valence-corrected chi connectivity index (χ3v) is 3.93. The van der Waals surface area contributed by atoms with Crippen molar-refractivity contribution < 1.29 is 18.8 Å². The molecule has 7 nitrogen and oxygen atoms in total. The van der Waals surface area contributed by atoms with Crippen LogP contribution in [0.4, 0.5) is 11.5 Å². The fraction of sp³-hybridized carbons (Fsp3) is 0.150. The van der Waals surface area contributed by atoms with Gasteiger partial charge in [0.1, 0.15) is 24.5 Å². The van der Waals surface area contributed by atoms with Crippen LogP contribution in [-0.4, -0.2) is 17.0 Å². The van der Waals surface area contributed by atoms with E-state index in [4.69, 9.17) is 20.9 Å². The fourth-order valence-electron chi connectivity index (χ4n) is 2.35. The Hall–Kier alpha value is -3.32. The molecule has 8 heteroatoms. The Balaban J connectivity index is 1.45. The maximum Gasteiger partial charge on any atom is 0.235 e. The molecule has 3 rings (SSSR count). The number of hydrogen-bond donors (Lipinski definition) is 2. The lowest BCUT2D eigenvalue weighted by Crippen LogP contribution is -2.21. The zero-order chi connectivity index (χ0) is 19.9. The first-order valence-electron chi connectivity index (χ1n) is 8.48. The number of carbonyl (C=O) groups is 2. The number of aromatic nitrogens is 1.